The zero-order chi connectivity index (χ0) is 22.0. The summed E-state index contributed by atoms with van der Waals surface area (Å²) in [6, 6.07) is 0. The van der Waals surface area contributed by atoms with Gasteiger partial charge in [-0.05, 0) is 26.7 Å². The lowest BCUT2D eigenvalue weighted by Gasteiger charge is -2.39. The van der Waals surface area contributed by atoms with Crippen molar-refractivity contribution in [3.05, 3.63) is 0 Å². The molecule has 164 valence electrons. The molecule has 7 nitrogen and oxygen atoms in total. The molecule has 0 radical (unpaired) electrons. The van der Waals surface area contributed by atoms with Crippen LogP contribution in [0.25, 0.3) is 0 Å². The Hall–Kier alpha value is -1.02. The smallest absolute Gasteiger partial charge is 0.311 e. The first-order valence-corrected chi connectivity index (χ1v) is 10.3. The molecule has 7 heteroatoms. The third-order valence-electron chi connectivity index (χ3n) is 6.52. The van der Waals surface area contributed by atoms with Crippen molar-refractivity contribution in [2.45, 2.75) is 91.3 Å². The Bertz CT molecular complexity index is 547. The molecule has 0 aliphatic carbocycles. The average molecular weight is 403 g/mol. The molecular formula is C21H38O7. The molecule has 28 heavy (non-hydrogen) atoms. The summed E-state index contributed by atoms with van der Waals surface area (Å²) < 4.78 is 5.54. The zero-order valence-corrected chi connectivity index (χ0v) is 18.1. The Kier molecular flexibility index (Phi) is 8.62. The van der Waals surface area contributed by atoms with Crippen LogP contribution in [0.5, 0.6) is 0 Å². The second kappa shape index (κ2) is 9.65. The van der Waals surface area contributed by atoms with E-state index < -0.39 is 65.6 Å². The maximum Gasteiger partial charge on any atom is 0.311 e. The van der Waals surface area contributed by atoms with Gasteiger partial charge in [-0.25, -0.2) is 0 Å². The van der Waals surface area contributed by atoms with Gasteiger partial charge in [0, 0.05) is 23.7 Å². The Morgan fingerprint density at radius 3 is 1.96 bits per heavy atom. The predicted octanol–water partition coefficient (Wildman–Crippen LogP) is 1.30. The van der Waals surface area contributed by atoms with Crippen LogP contribution >= 0.6 is 0 Å². The highest BCUT2D eigenvalue weighted by atomic mass is 16.5. The number of hydrogen-bond donors (Lipinski definition) is 4. The molecule has 0 amide bonds. The molecule has 1 aliphatic rings. The molecule has 1 rings (SSSR count). The summed E-state index contributed by atoms with van der Waals surface area (Å²) in [6.45, 7) is 11.3. The van der Waals surface area contributed by atoms with E-state index in [-0.39, 0.29) is 12.2 Å². The van der Waals surface area contributed by atoms with Gasteiger partial charge in [-0.3, -0.25) is 9.59 Å². The summed E-state index contributed by atoms with van der Waals surface area (Å²) in [4.78, 5) is 25.4. The number of aliphatic hydroxyl groups is 4. The van der Waals surface area contributed by atoms with E-state index in [0.717, 1.165) is 0 Å². The van der Waals surface area contributed by atoms with Gasteiger partial charge in [-0.2, -0.15) is 0 Å². The van der Waals surface area contributed by atoms with Gasteiger partial charge < -0.3 is 25.2 Å². The summed E-state index contributed by atoms with van der Waals surface area (Å²) >= 11 is 0. The fourth-order valence-electron chi connectivity index (χ4n) is 4.30. The SMILES string of the molecule is CC[C@H]1OC(=O)[C@H](C)[C@@H](O)[C@H](C)[C@@H](O)[C@](C)(O)C[C@@H](C)C(=O)[C@H](C)[C@@H](O)[C@H]1C. The molecule has 0 unspecified atom stereocenters. The van der Waals surface area contributed by atoms with Crippen molar-refractivity contribution in [3.63, 3.8) is 0 Å². The van der Waals surface area contributed by atoms with E-state index in [0.29, 0.717) is 6.42 Å². The topological polar surface area (TPSA) is 124 Å². The maximum absolute atomic E-state index is 12.8. The largest absolute Gasteiger partial charge is 0.462 e. The Morgan fingerprint density at radius 1 is 0.964 bits per heavy atom. The monoisotopic (exact) mass is 402 g/mol. The molecule has 1 aliphatic heterocycles. The van der Waals surface area contributed by atoms with Crippen molar-refractivity contribution in [2.24, 2.45) is 29.6 Å². The van der Waals surface area contributed by atoms with Gasteiger partial charge in [-0.15, -0.1) is 0 Å². The second-order valence-corrected chi connectivity index (χ2v) is 8.97. The molecular weight excluding hydrogens is 364 g/mol. The fraction of sp³-hybridized carbons (Fsp3) is 0.905. The summed E-state index contributed by atoms with van der Waals surface area (Å²) in [5, 5.41) is 42.7. The number of carbonyl (C=O) groups excluding carboxylic acids is 2. The fourth-order valence-corrected chi connectivity index (χ4v) is 4.30. The molecule has 0 aromatic heterocycles. The number of ketones is 1. The number of rotatable bonds is 1. The molecule has 0 spiro atoms. The van der Waals surface area contributed by atoms with Gasteiger partial charge in [-0.1, -0.05) is 34.6 Å². The predicted molar refractivity (Wildman–Crippen MR) is 104 cm³/mol. The van der Waals surface area contributed by atoms with Gasteiger partial charge in [0.2, 0.25) is 0 Å². The van der Waals surface area contributed by atoms with E-state index in [1.54, 1.807) is 27.7 Å². The van der Waals surface area contributed by atoms with Crippen LogP contribution in [-0.4, -0.2) is 62.2 Å². The van der Waals surface area contributed by atoms with Gasteiger partial charge in [0.1, 0.15) is 11.9 Å². The third kappa shape index (κ3) is 5.32. The molecule has 1 fully saturated rings. The first kappa shape index (κ1) is 25.0. The van der Waals surface area contributed by atoms with Crippen LogP contribution in [0.3, 0.4) is 0 Å². The lowest BCUT2D eigenvalue weighted by atomic mass is 9.75. The highest BCUT2D eigenvalue weighted by Gasteiger charge is 2.44. The third-order valence-corrected chi connectivity index (χ3v) is 6.52. The van der Waals surface area contributed by atoms with E-state index in [9.17, 15) is 30.0 Å². The summed E-state index contributed by atoms with van der Waals surface area (Å²) in [6.07, 6.45) is -3.78. The van der Waals surface area contributed by atoms with Crippen LogP contribution in [-0.2, 0) is 14.3 Å². The zero-order valence-electron chi connectivity index (χ0n) is 18.1. The Balaban J connectivity index is 3.32. The quantitative estimate of drug-likeness (QED) is 0.487. The Labute approximate surface area is 168 Å². The lowest BCUT2D eigenvalue weighted by molar-refractivity contribution is -0.171. The van der Waals surface area contributed by atoms with E-state index in [1.807, 2.05) is 6.92 Å². The van der Waals surface area contributed by atoms with E-state index in [1.165, 1.54) is 13.8 Å². The van der Waals surface area contributed by atoms with Crippen LogP contribution in [0.1, 0.15) is 61.3 Å². The van der Waals surface area contributed by atoms with Crippen molar-refractivity contribution in [1.82, 2.24) is 0 Å². The molecule has 0 aromatic carbocycles. The standard InChI is InChI=1S/C21H38O7/c1-8-15-11(3)17(23)12(4)16(22)10(2)9-21(7,27)19(25)13(5)18(24)14(6)20(26)28-15/h10-15,17-19,23-25,27H,8-9H2,1-7H3/t10-,11+,12+,13+,14-,15-,17+,18+,19-,21-/m1/s1. The summed E-state index contributed by atoms with van der Waals surface area (Å²) in [7, 11) is 0. The number of ether oxygens (including phenoxy) is 1. The van der Waals surface area contributed by atoms with Crippen molar-refractivity contribution in [1.29, 1.82) is 0 Å². The summed E-state index contributed by atoms with van der Waals surface area (Å²) in [5.41, 5.74) is -1.65. The van der Waals surface area contributed by atoms with Gasteiger partial charge >= 0.3 is 5.97 Å². The molecule has 1 saturated heterocycles. The van der Waals surface area contributed by atoms with Crippen molar-refractivity contribution in [3.8, 4) is 0 Å². The number of aliphatic hydroxyl groups excluding tert-OH is 3. The van der Waals surface area contributed by atoms with Crippen LogP contribution in [0.4, 0.5) is 0 Å². The van der Waals surface area contributed by atoms with Gasteiger partial charge in [0.15, 0.2) is 0 Å². The molecule has 0 bridgehead atoms. The van der Waals surface area contributed by atoms with Crippen molar-refractivity contribution in [2.75, 3.05) is 0 Å². The number of esters is 1. The normalized spacial score (nSPS) is 47.3. The number of hydrogen-bond acceptors (Lipinski definition) is 7. The highest BCUT2D eigenvalue weighted by molar-refractivity contribution is 5.83. The van der Waals surface area contributed by atoms with Gasteiger partial charge in [0.05, 0.1) is 29.8 Å². The van der Waals surface area contributed by atoms with E-state index in [4.69, 9.17) is 4.74 Å². The second-order valence-electron chi connectivity index (χ2n) is 8.97. The number of carbonyl (C=O) groups is 2. The van der Waals surface area contributed by atoms with E-state index >= 15 is 0 Å². The van der Waals surface area contributed by atoms with Gasteiger partial charge in [0.25, 0.3) is 0 Å². The number of cyclic esters (lactones) is 1. The first-order chi connectivity index (χ1) is 12.8. The minimum Gasteiger partial charge on any atom is -0.462 e. The molecule has 4 N–H and O–H groups in total. The Morgan fingerprint density at radius 2 is 1.46 bits per heavy atom. The van der Waals surface area contributed by atoms with E-state index in [2.05, 4.69) is 0 Å². The van der Waals surface area contributed by atoms with Crippen LogP contribution < -0.4 is 0 Å². The van der Waals surface area contributed by atoms with Crippen LogP contribution in [0.15, 0.2) is 0 Å². The van der Waals surface area contributed by atoms with Crippen molar-refractivity contribution < 1.29 is 34.8 Å². The minimum absolute atomic E-state index is 0.0223. The average Bonchev–Trinajstić information content (AvgIpc) is 2.65. The van der Waals surface area contributed by atoms with Crippen molar-refractivity contribution >= 4 is 11.8 Å². The summed E-state index contributed by atoms with van der Waals surface area (Å²) in [5.74, 6) is -4.39. The van der Waals surface area contributed by atoms with Crippen LogP contribution in [0, 0.1) is 29.6 Å². The highest BCUT2D eigenvalue weighted by Crippen LogP contribution is 2.32. The number of Topliss-reactive ketones (excluding diaryl/α,β-unsaturated/α-hetero) is 1. The van der Waals surface area contributed by atoms with Crippen LogP contribution in [0.2, 0.25) is 0 Å². The molecule has 0 saturated carbocycles. The molecule has 1 heterocycles. The lowest BCUT2D eigenvalue weighted by Crippen LogP contribution is -2.51. The first-order valence-electron chi connectivity index (χ1n) is 10.3. The molecule has 0 aromatic rings. The maximum atomic E-state index is 12.8. The minimum atomic E-state index is -1.65. The molecule has 10 atom stereocenters.